The van der Waals surface area contributed by atoms with E-state index < -0.39 is 5.60 Å². The van der Waals surface area contributed by atoms with Gasteiger partial charge in [-0.3, -0.25) is 0 Å². The molecule has 0 aliphatic carbocycles. The first-order chi connectivity index (χ1) is 7.71. The second-order valence-electron chi connectivity index (χ2n) is 8.19. The fourth-order valence-electron chi connectivity index (χ4n) is 1.58. The molecule has 18 heavy (non-hydrogen) atoms. The molecule has 106 valence electrons. The van der Waals surface area contributed by atoms with Crippen LogP contribution in [0.5, 0.6) is 0 Å². The molecule has 0 rings (SSSR count). The lowest BCUT2D eigenvalue weighted by molar-refractivity contribution is -0.148. The first-order valence-corrected chi connectivity index (χ1v) is 6.65. The summed E-state index contributed by atoms with van der Waals surface area (Å²) >= 11 is 0. The maximum absolute atomic E-state index is 11.9. The standard InChI is InChI=1S/C16H30O2/c1-14(2,3)11-12(15(4,5)6)10-13(17)18-16(7,8)9/h10H,11H2,1-9H3/b12-10-. The van der Waals surface area contributed by atoms with Crippen molar-refractivity contribution in [2.75, 3.05) is 0 Å². The number of hydrogen-bond donors (Lipinski definition) is 0. The van der Waals surface area contributed by atoms with Gasteiger partial charge in [0.25, 0.3) is 0 Å². The second-order valence-corrected chi connectivity index (χ2v) is 8.19. The van der Waals surface area contributed by atoms with Gasteiger partial charge in [-0.15, -0.1) is 0 Å². The molecule has 0 spiro atoms. The molecule has 0 radical (unpaired) electrons. The Morgan fingerprint density at radius 3 is 1.67 bits per heavy atom. The van der Waals surface area contributed by atoms with Crippen LogP contribution in [0, 0.1) is 10.8 Å². The maximum atomic E-state index is 11.9. The monoisotopic (exact) mass is 254 g/mol. The molecule has 2 heteroatoms. The number of hydrogen-bond acceptors (Lipinski definition) is 2. The third-order valence-corrected chi connectivity index (χ3v) is 2.38. The average Bonchev–Trinajstić information content (AvgIpc) is 1.93. The van der Waals surface area contributed by atoms with Gasteiger partial charge < -0.3 is 4.74 Å². The zero-order valence-corrected chi connectivity index (χ0v) is 13.6. The van der Waals surface area contributed by atoms with E-state index in [0.717, 1.165) is 12.0 Å². The van der Waals surface area contributed by atoms with E-state index >= 15 is 0 Å². The van der Waals surface area contributed by atoms with E-state index in [2.05, 4.69) is 41.5 Å². The quantitative estimate of drug-likeness (QED) is 0.525. The summed E-state index contributed by atoms with van der Waals surface area (Å²) in [5, 5.41) is 0. The lowest BCUT2D eigenvalue weighted by atomic mass is 9.76. The molecule has 0 aromatic rings. The summed E-state index contributed by atoms with van der Waals surface area (Å²) in [7, 11) is 0. The van der Waals surface area contributed by atoms with Gasteiger partial charge in [-0.05, 0) is 38.0 Å². The van der Waals surface area contributed by atoms with E-state index in [9.17, 15) is 4.79 Å². The lowest BCUT2D eigenvalue weighted by Gasteiger charge is -2.29. The first kappa shape index (κ1) is 17.2. The van der Waals surface area contributed by atoms with Crippen molar-refractivity contribution in [3.05, 3.63) is 11.6 Å². The highest BCUT2D eigenvalue weighted by Crippen LogP contribution is 2.35. The van der Waals surface area contributed by atoms with Gasteiger partial charge >= 0.3 is 5.97 Å². The molecule has 0 saturated carbocycles. The number of carbonyl (C=O) groups is 1. The Bertz CT molecular complexity index is 316. The highest BCUT2D eigenvalue weighted by Gasteiger charge is 2.25. The predicted octanol–water partition coefficient (Wildman–Crippen LogP) is 4.74. The Morgan fingerprint density at radius 2 is 1.39 bits per heavy atom. The van der Waals surface area contributed by atoms with Crippen molar-refractivity contribution in [2.24, 2.45) is 10.8 Å². The number of carbonyl (C=O) groups excluding carboxylic acids is 1. The zero-order chi connectivity index (χ0) is 14.8. The third kappa shape index (κ3) is 8.32. The van der Waals surface area contributed by atoms with Crippen molar-refractivity contribution < 1.29 is 9.53 Å². The van der Waals surface area contributed by atoms with E-state index in [4.69, 9.17) is 4.74 Å². The summed E-state index contributed by atoms with van der Waals surface area (Å²) in [6.45, 7) is 18.6. The molecule has 0 aromatic heterocycles. The Labute approximate surface area is 113 Å². The summed E-state index contributed by atoms with van der Waals surface area (Å²) in [5.74, 6) is -0.239. The van der Waals surface area contributed by atoms with E-state index in [1.165, 1.54) is 0 Å². The molecule has 0 aromatic carbocycles. The van der Waals surface area contributed by atoms with Gasteiger partial charge in [-0.1, -0.05) is 47.1 Å². The van der Waals surface area contributed by atoms with Crippen molar-refractivity contribution in [2.45, 2.75) is 74.3 Å². The number of rotatable bonds is 2. The Hall–Kier alpha value is -0.790. The predicted molar refractivity (Wildman–Crippen MR) is 77.5 cm³/mol. The van der Waals surface area contributed by atoms with Crippen molar-refractivity contribution >= 4 is 5.97 Å². The third-order valence-electron chi connectivity index (χ3n) is 2.38. The SMILES string of the molecule is CC(C)(C)C/C(=C/C(=O)OC(C)(C)C)C(C)(C)C. The van der Waals surface area contributed by atoms with Crippen LogP contribution in [0.3, 0.4) is 0 Å². The molecule has 0 amide bonds. The first-order valence-electron chi connectivity index (χ1n) is 6.65. The summed E-state index contributed by atoms with van der Waals surface area (Å²) in [6.07, 6.45) is 2.58. The van der Waals surface area contributed by atoms with E-state index in [-0.39, 0.29) is 16.8 Å². The van der Waals surface area contributed by atoms with Crippen LogP contribution in [-0.4, -0.2) is 11.6 Å². The molecule has 0 unspecified atom stereocenters. The van der Waals surface area contributed by atoms with Crippen LogP contribution in [0.25, 0.3) is 0 Å². The van der Waals surface area contributed by atoms with Crippen molar-refractivity contribution in [1.82, 2.24) is 0 Å². The maximum Gasteiger partial charge on any atom is 0.331 e. The Morgan fingerprint density at radius 1 is 0.944 bits per heavy atom. The van der Waals surface area contributed by atoms with Crippen LogP contribution in [0.15, 0.2) is 11.6 Å². The Balaban J connectivity index is 5.05. The van der Waals surface area contributed by atoms with E-state index in [1.54, 1.807) is 6.08 Å². The fraction of sp³-hybridized carbons (Fsp3) is 0.812. The van der Waals surface area contributed by atoms with Crippen LogP contribution < -0.4 is 0 Å². The minimum Gasteiger partial charge on any atom is -0.457 e. The fourth-order valence-corrected chi connectivity index (χ4v) is 1.58. The summed E-state index contributed by atoms with van der Waals surface area (Å²) in [5.41, 5.74) is 0.869. The minimum absolute atomic E-state index is 0.00974. The van der Waals surface area contributed by atoms with Crippen LogP contribution in [0.2, 0.25) is 0 Å². The number of ether oxygens (including phenoxy) is 1. The molecule has 0 atom stereocenters. The molecule has 0 bridgehead atoms. The van der Waals surface area contributed by atoms with Crippen LogP contribution in [-0.2, 0) is 9.53 Å². The highest BCUT2D eigenvalue weighted by atomic mass is 16.6. The van der Waals surface area contributed by atoms with Gasteiger partial charge in [0.15, 0.2) is 0 Å². The number of esters is 1. The molecular weight excluding hydrogens is 224 g/mol. The highest BCUT2D eigenvalue weighted by molar-refractivity contribution is 5.83. The second kappa shape index (κ2) is 5.46. The van der Waals surface area contributed by atoms with Gasteiger partial charge in [-0.2, -0.15) is 0 Å². The van der Waals surface area contributed by atoms with Gasteiger partial charge in [0, 0.05) is 6.08 Å². The number of allylic oxidation sites excluding steroid dienone is 1. The summed E-state index contributed by atoms with van der Waals surface area (Å²) in [4.78, 5) is 11.9. The van der Waals surface area contributed by atoms with Gasteiger partial charge in [-0.25, -0.2) is 4.79 Å². The van der Waals surface area contributed by atoms with Crippen molar-refractivity contribution in [1.29, 1.82) is 0 Å². The molecule has 0 N–H and O–H groups in total. The average molecular weight is 254 g/mol. The van der Waals surface area contributed by atoms with E-state index in [0.29, 0.717) is 0 Å². The van der Waals surface area contributed by atoms with Crippen LogP contribution in [0.4, 0.5) is 0 Å². The topological polar surface area (TPSA) is 26.3 Å². The van der Waals surface area contributed by atoms with Crippen molar-refractivity contribution in [3.8, 4) is 0 Å². The molecule has 0 saturated heterocycles. The molecule has 0 fully saturated rings. The smallest absolute Gasteiger partial charge is 0.331 e. The molecule has 0 heterocycles. The lowest BCUT2D eigenvalue weighted by Crippen LogP contribution is -2.24. The minimum atomic E-state index is -0.432. The largest absolute Gasteiger partial charge is 0.457 e. The zero-order valence-electron chi connectivity index (χ0n) is 13.6. The van der Waals surface area contributed by atoms with Crippen LogP contribution >= 0.6 is 0 Å². The summed E-state index contributed by atoms with van der Waals surface area (Å²) < 4.78 is 5.36. The molecule has 0 aliphatic heterocycles. The van der Waals surface area contributed by atoms with Crippen molar-refractivity contribution in [3.63, 3.8) is 0 Å². The Kier molecular flexibility index (Phi) is 5.22. The van der Waals surface area contributed by atoms with Gasteiger partial charge in [0.2, 0.25) is 0 Å². The summed E-state index contributed by atoms with van der Waals surface area (Å²) in [6, 6.07) is 0. The molecular formula is C16H30O2. The normalized spacial score (nSPS) is 14.6. The van der Waals surface area contributed by atoms with E-state index in [1.807, 2.05) is 20.8 Å². The van der Waals surface area contributed by atoms with Crippen LogP contribution in [0.1, 0.15) is 68.7 Å². The molecule has 2 nitrogen and oxygen atoms in total. The molecule has 0 aliphatic rings. The van der Waals surface area contributed by atoms with Gasteiger partial charge in [0.1, 0.15) is 5.60 Å². The van der Waals surface area contributed by atoms with Gasteiger partial charge in [0.05, 0.1) is 0 Å².